The van der Waals surface area contributed by atoms with Crippen LogP contribution in [0.4, 0.5) is 0 Å². The molecule has 0 bridgehead atoms. The van der Waals surface area contributed by atoms with Gasteiger partial charge in [0.2, 0.25) is 5.76 Å². The van der Waals surface area contributed by atoms with Gasteiger partial charge in [-0.2, -0.15) is 0 Å². The Bertz CT molecular complexity index is 1310. The summed E-state index contributed by atoms with van der Waals surface area (Å²) in [6.07, 6.45) is 3.58. The fourth-order valence-corrected chi connectivity index (χ4v) is 4.39. The molecule has 2 aromatic carbocycles. The topological polar surface area (TPSA) is 69.0 Å². The highest BCUT2D eigenvalue weighted by Crippen LogP contribution is 2.41. The lowest BCUT2D eigenvalue weighted by Crippen LogP contribution is -2.29. The molecule has 1 aliphatic rings. The molecule has 0 N–H and O–H groups in total. The Morgan fingerprint density at radius 2 is 1.94 bits per heavy atom. The molecule has 2 heterocycles. The molecule has 0 saturated carbocycles. The number of ether oxygens (including phenoxy) is 2. The summed E-state index contributed by atoms with van der Waals surface area (Å²) in [7, 11) is 0. The van der Waals surface area contributed by atoms with Gasteiger partial charge in [-0.25, -0.2) is 0 Å². The molecular weight excluding hydrogens is 454 g/mol. The van der Waals surface area contributed by atoms with E-state index in [1.165, 1.54) is 0 Å². The van der Waals surface area contributed by atoms with Gasteiger partial charge >= 0.3 is 0 Å². The molecule has 178 valence electrons. The van der Waals surface area contributed by atoms with E-state index in [4.69, 9.17) is 25.5 Å². The van der Waals surface area contributed by atoms with Crippen LogP contribution < -0.4 is 14.9 Å². The third-order valence-corrected chi connectivity index (χ3v) is 6.32. The van der Waals surface area contributed by atoms with Gasteiger partial charge in [0.1, 0.15) is 5.58 Å². The second kappa shape index (κ2) is 9.94. The van der Waals surface area contributed by atoms with E-state index in [-0.39, 0.29) is 23.6 Å². The summed E-state index contributed by atoms with van der Waals surface area (Å²) in [5.41, 5.74) is 1.85. The average molecular weight is 482 g/mol. The number of carbonyl (C=O) groups excluding carboxylic acids is 1. The van der Waals surface area contributed by atoms with Crippen molar-refractivity contribution in [3.05, 3.63) is 80.7 Å². The summed E-state index contributed by atoms with van der Waals surface area (Å²) in [5.74, 6) is 0.895. The van der Waals surface area contributed by atoms with Gasteiger partial charge in [0, 0.05) is 11.6 Å². The van der Waals surface area contributed by atoms with Gasteiger partial charge in [0.25, 0.3) is 5.91 Å². The minimum atomic E-state index is -0.648. The van der Waals surface area contributed by atoms with Gasteiger partial charge in [0.15, 0.2) is 16.9 Å². The van der Waals surface area contributed by atoms with E-state index >= 15 is 0 Å². The Labute approximate surface area is 203 Å². The number of aryl methyl sites for hydroxylation is 1. The molecule has 7 heteroatoms. The molecular formula is C27H28ClNO5. The predicted molar refractivity (Wildman–Crippen MR) is 133 cm³/mol. The summed E-state index contributed by atoms with van der Waals surface area (Å²) in [5, 5.41) is 0.813. The standard InChI is InChI=1S/C27H28ClNO5/c1-5-8-12-33-20-10-9-17(14-22(20)32-7-3)24-23-25(30)18-15-19(28)16(4)13-21(18)34-26(23)27(31)29(24)11-6-2/h6,9-10,13-15,24H,2,5,7-8,11-12H2,1,3-4H3. The number of hydrogen-bond donors (Lipinski definition) is 0. The number of carbonyl (C=O) groups is 1. The van der Waals surface area contributed by atoms with Crippen molar-refractivity contribution in [2.75, 3.05) is 19.8 Å². The Kier molecular flexibility index (Phi) is 6.98. The van der Waals surface area contributed by atoms with Crippen molar-refractivity contribution >= 4 is 28.5 Å². The van der Waals surface area contributed by atoms with Crippen molar-refractivity contribution in [1.29, 1.82) is 0 Å². The van der Waals surface area contributed by atoms with Crippen molar-refractivity contribution in [3.8, 4) is 11.5 Å². The Balaban J connectivity index is 1.89. The van der Waals surface area contributed by atoms with Crippen molar-refractivity contribution in [3.63, 3.8) is 0 Å². The van der Waals surface area contributed by atoms with Gasteiger partial charge in [-0.1, -0.05) is 37.1 Å². The number of halogens is 1. The van der Waals surface area contributed by atoms with Gasteiger partial charge in [-0.05, 0) is 55.7 Å². The molecule has 6 nitrogen and oxygen atoms in total. The highest BCUT2D eigenvalue weighted by atomic mass is 35.5. The Morgan fingerprint density at radius 1 is 1.15 bits per heavy atom. The minimum absolute atomic E-state index is 0.0484. The lowest BCUT2D eigenvalue weighted by atomic mass is 9.97. The summed E-state index contributed by atoms with van der Waals surface area (Å²) in [6, 6.07) is 8.16. The zero-order chi connectivity index (χ0) is 24.4. The molecule has 34 heavy (non-hydrogen) atoms. The van der Waals surface area contributed by atoms with Crippen LogP contribution in [0.3, 0.4) is 0 Å². The van der Waals surface area contributed by atoms with Crippen LogP contribution in [0.25, 0.3) is 11.0 Å². The van der Waals surface area contributed by atoms with Gasteiger partial charge in [-0.3, -0.25) is 9.59 Å². The normalized spacial score (nSPS) is 15.0. The van der Waals surface area contributed by atoms with Crippen LogP contribution in [0.15, 0.2) is 52.2 Å². The quantitative estimate of drug-likeness (QED) is 0.274. The first-order valence-electron chi connectivity index (χ1n) is 11.5. The smallest absolute Gasteiger partial charge is 0.291 e. The number of fused-ring (bicyclic) bond motifs is 2. The van der Waals surface area contributed by atoms with E-state index in [9.17, 15) is 9.59 Å². The summed E-state index contributed by atoms with van der Waals surface area (Å²) in [6.45, 7) is 10.9. The molecule has 0 fully saturated rings. The van der Waals surface area contributed by atoms with Crippen LogP contribution in [0.2, 0.25) is 5.02 Å². The zero-order valence-corrected chi connectivity index (χ0v) is 20.4. The van der Waals surface area contributed by atoms with E-state index in [1.807, 2.05) is 32.0 Å². The molecule has 0 saturated heterocycles. The number of unbranched alkanes of at least 4 members (excludes halogenated alkanes) is 1. The highest BCUT2D eigenvalue weighted by molar-refractivity contribution is 6.32. The largest absolute Gasteiger partial charge is 0.490 e. The van der Waals surface area contributed by atoms with Crippen LogP contribution in [-0.4, -0.2) is 30.6 Å². The second-order valence-electron chi connectivity index (χ2n) is 8.26. The zero-order valence-electron chi connectivity index (χ0n) is 19.7. The molecule has 1 aliphatic heterocycles. The highest BCUT2D eigenvalue weighted by Gasteiger charge is 2.42. The van der Waals surface area contributed by atoms with Crippen LogP contribution in [0.5, 0.6) is 11.5 Å². The van der Waals surface area contributed by atoms with E-state index in [1.54, 1.807) is 23.1 Å². The molecule has 0 radical (unpaired) electrons. The maximum atomic E-state index is 13.6. The van der Waals surface area contributed by atoms with E-state index < -0.39 is 6.04 Å². The summed E-state index contributed by atoms with van der Waals surface area (Å²) >= 11 is 6.29. The molecule has 1 atom stereocenters. The lowest BCUT2D eigenvalue weighted by Gasteiger charge is -2.24. The molecule has 4 rings (SSSR count). The van der Waals surface area contributed by atoms with Crippen LogP contribution >= 0.6 is 11.6 Å². The fourth-order valence-electron chi connectivity index (χ4n) is 4.22. The average Bonchev–Trinajstić information content (AvgIpc) is 3.09. The van der Waals surface area contributed by atoms with Crippen molar-refractivity contribution in [2.45, 2.75) is 39.7 Å². The van der Waals surface area contributed by atoms with E-state index in [0.717, 1.165) is 24.0 Å². The van der Waals surface area contributed by atoms with Gasteiger partial charge in [-0.15, -0.1) is 6.58 Å². The lowest BCUT2D eigenvalue weighted by molar-refractivity contribution is 0.0748. The van der Waals surface area contributed by atoms with Gasteiger partial charge < -0.3 is 18.8 Å². The first kappa shape index (κ1) is 23.9. The predicted octanol–water partition coefficient (Wildman–Crippen LogP) is 6.06. The van der Waals surface area contributed by atoms with Crippen LogP contribution in [0.1, 0.15) is 60.0 Å². The number of hydrogen-bond acceptors (Lipinski definition) is 5. The molecule has 1 aromatic heterocycles. The molecule has 1 unspecified atom stereocenters. The number of benzene rings is 2. The van der Waals surface area contributed by atoms with E-state index in [2.05, 4.69) is 13.5 Å². The van der Waals surface area contributed by atoms with Crippen LogP contribution in [-0.2, 0) is 0 Å². The van der Waals surface area contributed by atoms with Gasteiger partial charge in [0.05, 0.1) is 30.2 Å². The number of rotatable bonds is 9. The van der Waals surface area contributed by atoms with Crippen molar-refractivity contribution in [1.82, 2.24) is 4.90 Å². The first-order chi connectivity index (χ1) is 16.4. The number of nitrogens with zero attached hydrogens (tertiary/aromatic N) is 1. The monoisotopic (exact) mass is 481 g/mol. The third-order valence-electron chi connectivity index (χ3n) is 5.91. The Morgan fingerprint density at radius 3 is 2.65 bits per heavy atom. The Hall–Kier alpha value is -3.25. The number of amides is 1. The molecule has 0 aliphatic carbocycles. The summed E-state index contributed by atoms with van der Waals surface area (Å²) < 4.78 is 17.7. The second-order valence-corrected chi connectivity index (χ2v) is 8.67. The third kappa shape index (κ3) is 4.18. The summed E-state index contributed by atoms with van der Waals surface area (Å²) in [4.78, 5) is 28.6. The minimum Gasteiger partial charge on any atom is -0.490 e. The maximum Gasteiger partial charge on any atom is 0.291 e. The molecule has 0 spiro atoms. The first-order valence-corrected chi connectivity index (χ1v) is 11.9. The van der Waals surface area contributed by atoms with Crippen molar-refractivity contribution in [2.24, 2.45) is 0 Å². The molecule has 3 aromatic rings. The SMILES string of the molecule is C=CCN1C(=O)c2oc3cc(C)c(Cl)cc3c(=O)c2C1c1ccc(OCCCC)c(OCC)c1. The van der Waals surface area contributed by atoms with Crippen LogP contribution in [0, 0.1) is 6.92 Å². The van der Waals surface area contributed by atoms with E-state index in [0.29, 0.717) is 46.3 Å². The maximum absolute atomic E-state index is 13.6. The molecule has 1 amide bonds. The fraction of sp³-hybridized carbons (Fsp3) is 0.333. The van der Waals surface area contributed by atoms with Crippen molar-refractivity contribution < 1.29 is 18.7 Å².